The van der Waals surface area contributed by atoms with Gasteiger partial charge in [-0.1, -0.05) is 0 Å². The first-order valence-electron chi connectivity index (χ1n) is 8.44. The fraction of sp³-hybridized carbons (Fsp3) is 0.588. The van der Waals surface area contributed by atoms with Gasteiger partial charge < -0.3 is 10.6 Å². The van der Waals surface area contributed by atoms with Crippen molar-refractivity contribution in [1.29, 1.82) is 0 Å². The molecule has 7 heteroatoms. The molecule has 0 aliphatic heterocycles. The second-order valence-corrected chi connectivity index (χ2v) is 7.90. The number of guanidine groups is 1. The van der Waals surface area contributed by atoms with Gasteiger partial charge in [0.15, 0.2) is 5.96 Å². The summed E-state index contributed by atoms with van der Waals surface area (Å²) in [7, 11) is 0. The number of hydrogen-bond donors (Lipinski definition) is 2. The van der Waals surface area contributed by atoms with Crippen molar-refractivity contribution in [1.82, 2.24) is 20.6 Å². The average Bonchev–Trinajstić information content (AvgIpc) is 3.09. The van der Waals surface area contributed by atoms with Crippen molar-refractivity contribution in [2.45, 2.75) is 47.0 Å². The summed E-state index contributed by atoms with van der Waals surface area (Å²) in [5.74, 6) is 0.887. The number of aliphatic imine (C=N–C) groups is 1. The van der Waals surface area contributed by atoms with Gasteiger partial charge in [-0.2, -0.15) is 0 Å². The molecule has 0 spiro atoms. The van der Waals surface area contributed by atoms with Crippen LogP contribution >= 0.6 is 22.7 Å². The average molecular weight is 366 g/mol. The van der Waals surface area contributed by atoms with E-state index in [9.17, 15) is 0 Å². The molecule has 2 aromatic rings. The molecule has 0 radical (unpaired) electrons. The molecule has 0 fully saturated rings. The second kappa shape index (κ2) is 9.74. The topological polar surface area (TPSA) is 62.2 Å². The quantitative estimate of drug-likeness (QED) is 0.428. The van der Waals surface area contributed by atoms with E-state index in [2.05, 4.69) is 51.7 Å². The molecular weight excluding hydrogens is 338 g/mol. The van der Waals surface area contributed by atoms with Gasteiger partial charge >= 0.3 is 0 Å². The Morgan fingerprint density at radius 2 is 1.96 bits per heavy atom. The van der Waals surface area contributed by atoms with Crippen molar-refractivity contribution < 1.29 is 0 Å². The van der Waals surface area contributed by atoms with Gasteiger partial charge in [-0.15, -0.1) is 22.7 Å². The first-order chi connectivity index (χ1) is 11.6. The summed E-state index contributed by atoms with van der Waals surface area (Å²) in [6, 6.07) is 0. The highest BCUT2D eigenvalue weighted by Gasteiger charge is 2.04. The molecule has 2 rings (SSSR count). The van der Waals surface area contributed by atoms with Crippen molar-refractivity contribution in [2.24, 2.45) is 4.99 Å². The lowest BCUT2D eigenvalue weighted by Gasteiger charge is -2.10. The number of aromatic nitrogens is 2. The number of nitrogens with zero attached hydrogens (tertiary/aromatic N) is 3. The molecule has 0 saturated heterocycles. The molecule has 0 bridgehead atoms. The monoisotopic (exact) mass is 365 g/mol. The Balaban J connectivity index is 1.73. The molecule has 0 aliphatic carbocycles. The molecule has 2 aromatic heterocycles. The van der Waals surface area contributed by atoms with Gasteiger partial charge in [-0.3, -0.25) is 4.99 Å². The molecule has 0 unspecified atom stereocenters. The van der Waals surface area contributed by atoms with Crippen LogP contribution in [0, 0.1) is 20.8 Å². The summed E-state index contributed by atoms with van der Waals surface area (Å²) in [5.41, 5.74) is 2.26. The summed E-state index contributed by atoms with van der Waals surface area (Å²) in [4.78, 5) is 15.0. The van der Waals surface area contributed by atoms with E-state index < -0.39 is 0 Å². The maximum absolute atomic E-state index is 4.64. The highest BCUT2D eigenvalue weighted by Crippen LogP contribution is 2.16. The van der Waals surface area contributed by atoms with Crippen LogP contribution in [0.5, 0.6) is 0 Å². The van der Waals surface area contributed by atoms with Crippen LogP contribution in [0.1, 0.15) is 39.6 Å². The van der Waals surface area contributed by atoms with Crippen molar-refractivity contribution >= 4 is 28.6 Å². The molecule has 132 valence electrons. The standard InChI is InChI=1S/C17H27N5S2/c1-5-18-17(19-9-6-7-15-21-12(2)11-23-15)20-10-8-16-22-13(3)14(4)24-16/h11H,5-10H2,1-4H3,(H2,18,19,20). The fourth-order valence-corrected chi connectivity index (χ4v) is 3.97. The van der Waals surface area contributed by atoms with Crippen molar-refractivity contribution in [3.05, 3.63) is 31.7 Å². The lowest BCUT2D eigenvalue weighted by Crippen LogP contribution is -2.38. The number of rotatable bonds is 8. The van der Waals surface area contributed by atoms with Crippen LogP contribution in [0.4, 0.5) is 0 Å². The predicted octanol–water partition coefficient (Wildman–Crippen LogP) is 3.26. The molecule has 0 atom stereocenters. The van der Waals surface area contributed by atoms with E-state index in [1.807, 2.05) is 6.92 Å². The van der Waals surface area contributed by atoms with Crippen LogP contribution < -0.4 is 10.6 Å². The third kappa shape index (κ3) is 6.20. The smallest absolute Gasteiger partial charge is 0.191 e. The van der Waals surface area contributed by atoms with Gasteiger partial charge in [0, 0.05) is 48.4 Å². The second-order valence-electron chi connectivity index (χ2n) is 5.67. The lowest BCUT2D eigenvalue weighted by molar-refractivity contribution is 0.772. The number of thiazole rings is 2. The fourth-order valence-electron chi connectivity index (χ4n) is 2.21. The minimum absolute atomic E-state index is 0.809. The Morgan fingerprint density at radius 1 is 1.12 bits per heavy atom. The SMILES string of the molecule is CCNC(=NCCCc1nc(C)cs1)NCCc1nc(C)c(C)s1. The Kier molecular flexibility index (Phi) is 7.65. The van der Waals surface area contributed by atoms with Crippen LogP contribution in [-0.4, -0.2) is 35.6 Å². The zero-order chi connectivity index (χ0) is 17.4. The zero-order valence-corrected chi connectivity index (χ0v) is 16.6. The van der Waals surface area contributed by atoms with Gasteiger partial charge in [-0.05, 0) is 34.1 Å². The van der Waals surface area contributed by atoms with Crippen molar-refractivity contribution in [2.75, 3.05) is 19.6 Å². The summed E-state index contributed by atoms with van der Waals surface area (Å²) < 4.78 is 0. The van der Waals surface area contributed by atoms with Gasteiger partial charge in [-0.25, -0.2) is 9.97 Å². The summed E-state index contributed by atoms with van der Waals surface area (Å²) in [5, 5.41) is 11.2. The van der Waals surface area contributed by atoms with E-state index in [1.54, 1.807) is 22.7 Å². The van der Waals surface area contributed by atoms with Crippen LogP contribution in [0.15, 0.2) is 10.4 Å². The maximum atomic E-state index is 4.64. The minimum Gasteiger partial charge on any atom is -0.357 e. The molecule has 0 amide bonds. The van der Waals surface area contributed by atoms with Gasteiger partial charge in [0.2, 0.25) is 0 Å². The first kappa shape index (κ1) is 18.9. The number of aryl methyl sites for hydroxylation is 4. The van der Waals surface area contributed by atoms with E-state index in [0.717, 1.165) is 56.2 Å². The third-order valence-electron chi connectivity index (χ3n) is 3.53. The molecule has 0 aromatic carbocycles. The molecule has 24 heavy (non-hydrogen) atoms. The van der Waals surface area contributed by atoms with Crippen LogP contribution in [0.2, 0.25) is 0 Å². The van der Waals surface area contributed by atoms with Crippen LogP contribution in [-0.2, 0) is 12.8 Å². The van der Waals surface area contributed by atoms with E-state index in [1.165, 1.54) is 14.9 Å². The maximum Gasteiger partial charge on any atom is 0.191 e. The van der Waals surface area contributed by atoms with Gasteiger partial charge in [0.25, 0.3) is 0 Å². The Hall–Kier alpha value is -1.47. The normalized spacial score (nSPS) is 11.8. The van der Waals surface area contributed by atoms with E-state index >= 15 is 0 Å². The zero-order valence-electron chi connectivity index (χ0n) is 15.0. The van der Waals surface area contributed by atoms with E-state index in [4.69, 9.17) is 0 Å². The number of hydrogen-bond acceptors (Lipinski definition) is 5. The third-order valence-corrected chi connectivity index (χ3v) is 5.69. The van der Waals surface area contributed by atoms with Gasteiger partial charge in [0.1, 0.15) is 0 Å². The van der Waals surface area contributed by atoms with Gasteiger partial charge in [0.05, 0.1) is 15.7 Å². The Bertz CT molecular complexity index is 640. The molecular formula is C17H27N5S2. The number of nitrogens with one attached hydrogen (secondary N) is 2. The van der Waals surface area contributed by atoms with Crippen LogP contribution in [0.25, 0.3) is 0 Å². The molecule has 2 N–H and O–H groups in total. The van der Waals surface area contributed by atoms with E-state index in [-0.39, 0.29) is 0 Å². The lowest BCUT2D eigenvalue weighted by atomic mass is 10.3. The predicted molar refractivity (Wildman–Crippen MR) is 104 cm³/mol. The Morgan fingerprint density at radius 3 is 2.58 bits per heavy atom. The molecule has 5 nitrogen and oxygen atoms in total. The molecule has 0 aliphatic rings. The highest BCUT2D eigenvalue weighted by molar-refractivity contribution is 7.11. The molecule has 0 saturated carbocycles. The minimum atomic E-state index is 0.809. The van der Waals surface area contributed by atoms with Crippen molar-refractivity contribution in [3.8, 4) is 0 Å². The van der Waals surface area contributed by atoms with E-state index in [0.29, 0.717) is 0 Å². The van der Waals surface area contributed by atoms with Crippen molar-refractivity contribution in [3.63, 3.8) is 0 Å². The summed E-state index contributed by atoms with van der Waals surface area (Å²) >= 11 is 3.52. The largest absolute Gasteiger partial charge is 0.357 e. The highest BCUT2D eigenvalue weighted by atomic mass is 32.1. The van der Waals surface area contributed by atoms with Crippen LogP contribution in [0.3, 0.4) is 0 Å². The molecule has 2 heterocycles. The first-order valence-corrected chi connectivity index (χ1v) is 10.1. The summed E-state index contributed by atoms with van der Waals surface area (Å²) in [6.07, 6.45) is 2.95. The Labute approximate surface area is 152 Å². The summed E-state index contributed by atoms with van der Waals surface area (Å²) in [6.45, 7) is 10.8.